The molecule has 0 saturated carbocycles. The molecule has 0 aromatic rings. The van der Waals surface area contributed by atoms with Gasteiger partial charge in [-0.15, -0.1) is 0 Å². The van der Waals surface area contributed by atoms with Crippen molar-refractivity contribution in [2.24, 2.45) is 0 Å². The Morgan fingerprint density at radius 2 is 1.71 bits per heavy atom. The van der Waals surface area contributed by atoms with E-state index in [0.29, 0.717) is 11.0 Å². The first-order chi connectivity index (χ1) is 9.38. The van der Waals surface area contributed by atoms with Gasteiger partial charge < -0.3 is 9.31 Å². The maximum atomic E-state index is 11.1. The highest BCUT2D eigenvalue weighted by molar-refractivity contribution is 7.88. The van der Waals surface area contributed by atoms with Crippen LogP contribution in [-0.2, 0) is 19.3 Å². The summed E-state index contributed by atoms with van der Waals surface area (Å²) in [5.41, 5.74) is 0.442. The fraction of sp³-hybridized carbons (Fsp3) is 0.571. The van der Waals surface area contributed by atoms with Crippen LogP contribution in [0.25, 0.3) is 0 Å². The maximum absolute atomic E-state index is 11.1. The minimum Gasteiger partial charge on any atom is -0.399 e. The summed E-state index contributed by atoms with van der Waals surface area (Å²) in [6.45, 7) is 15.6. The van der Waals surface area contributed by atoms with E-state index in [2.05, 4.69) is 17.9 Å². The molecule has 5 nitrogen and oxygen atoms in total. The summed E-state index contributed by atoms with van der Waals surface area (Å²) in [4.78, 5) is 0. The largest absolute Gasteiger partial charge is 0.494 e. The molecular formula is C14H24BNO4S. The fourth-order valence-corrected chi connectivity index (χ4v) is 2.16. The Balaban J connectivity index is 2.83. The third-order valence-electron chi connectivity index (χ3n) is 3.69. The van der Waals surface area contributed by atoms with Crippen LogP contribution < -0.4 is 4.72 Å². The van der Waals surface area contributed by atoms with Crippen LogP contribution in [0.3, 0.4) is 0 Å². The summed E-state index contributed by atoms with van der Waals surface area (Å²) in [5, 5.41) is 0. The lowest BCUT2D eigenvalue weighted by Crippen LogP contribution is -2.41. The molecule has 0 aromatic carbocycles. The van der Waals surface area contributed by atoms with Gasteiger partial charge in [-0.2, -0.15) is 0 Å². The van der Waals surface area contributed by atoms with Crippen LogP contribution >= 0.6 is 0 Å². The van der Waals surface area contributed by atoms with E-state index in [1.54, 1.807) is 12.2 Å². The Morgan fingerprint density at radius 3 is 2.10 bits per heavy atom. The maximum Gasteiger partial charge on any atom is 0.494 e. The Morgan fingerprint density at radius 1 is 1.24 bits per heavy atom. The van der Waals surface area contributed by atoms with Gasteiger partial charge in [0.1, 0.15) is 0 Å². The molecule has 0 spiro atoms. The van der Waals surface area contributed by atoms with Gasteiger partial charge in [0.25, 0.3) is 0 Å². The molecule has 0 atom stereocenters. The first kappa shape index (κ1) is 18.2. The van der Waals surface area contributed by atoms with E-state index in [0.717, 1.165) is 6.26 Å². The molecule has 0 amide bonds. The molecule has 7 heteroatoms. The standard InChI is InChI=1S/C14H24BNO4S/c1-8-12(9-11(2)10-16-21(7,17)18)15-19-13(3,4)14(5,6)20-15/h8-9,16H,1-2,10H2,3-7H3/b12-9+. The molecule has 21 heavy (non-hydrogen) atoms. The highest BCUT2D eigenvalue weighted by Gasteiger charge is 2.51. The lowest BCUT2D eigenvalue weighted by molar-refractivity contribution is 0.00578. The van der Waals surface area contributed by atoms with Crippen LogP contribution in [-0.4, -0.2) is 39.5 Å². The van der Waals surface area contributed by atoms with Gasteiger partial charge in [0, 0.05) is 6.54 Å². The number of nitrogens with one attached hydrogen (secondary N) is 1. The molecule has 1 rings (SSSR count). The lowest BCUT2D eigenvalue weighted by Gasteiger charge is -2.32. The van der Waals surface area contributed by atoms with Gasteiger partial charge in [-0.25, -0.2) is 13.1 Å². The highest BCUT2D eigenvalue weighted by Crippen LogP contribution is 2.38. The molecule has 118 valence electrons. The predicted octanol–water partition coefficient (Wildman–Crippen LogP) is 1.84. The minimum atomic E-state index is -3.25. The van der Waals surface area contributed by atoms with Crippen molar-refractivity contribution in [3.8, 4) is 0 Å². The van der Waals surface area contributed by atoms with Gasteiger partial charge in [0.05, 0.1) is 17.5 Å². The van der Waals surface area contributed by atoms with Gasteiger partial charge >= 0.3 is 7.12 Å². The first-order valence-electron chi connectivity index (χ1n) is 6.70. The molecular weight excluding hydrogens is 289 g/mol. The predicted molar refractivity (Wildman–Crippen MR) is 86.3 cm³/mol. The van der Waals surface area contributed by atoms with Crippen molar-refractivity contribution < 1.29 is 17.7 Å². The Labute approximate surface area is 128 Å². The van der Waals surface area contributed by atoms with E-state index in [1.165, 1.54) is 0 Å². The van der Waals surface area contributed by atoms with E-state index < -0.39 is 28.3 Å². The molecule has 1 saturated heterocycles. The second-order valence-corrected chi connectivity index (χ2v) is 8.02. The van der Waals surface area contributed by atoms with Crippen molar-refractivity contribution in [2.45, 2.75) is 38.9 Å². The summed E-state index contributed by atoms with van der Waals surface area (Å²) in [7, 11) is -3.79. The van der Waals surface area contributed by atoms with Crippen molar-refractivity contribution in [2.75, 3.05) is 12.8 Å². The Hall–Kier alpha value is -0.885. The van der Waals surface area contributed by atoms with Crippen LogP contribution in [0.4, 0.5) is 0 Å². The molecule has 1 N–H and O–H groups in total. The van der Waals surface area contributed by atoms with Crippen molar-refractivity contribution in [1.29, 1.82) is 0 Å². The van der Waals surface area contributed by atoms with Crippen LogP contribution in [0, 0.1) is 0 Å². The monoisotopic (exact) mass is 313 g/mol. The fourth-order valence-electron chi connectivity index (χ4n) is 1.71. The van der Waals surface area contributed by atoms with Crippen molar-refractivity contribution in [1.82, 2.24) is 4.72 Å². The zero-order valence-electron chi connectivity index (χ0n) is 13.4. The Kier molecular flexibility index (Phi) is 5.26. The molecule has 0 bridgehead atoms. The number of hydrogen-bond donors (Lipinski definition) is 1. The summed E-state index contributed by atoms with van der Waals surface area (Å²) in [6, 6.07) is 0. The zero-order valence-corrected chi connectivity index (χ0v) is 14.2. The number of rotatable bonds is 6. The van der Waals surface area contributed by atoms with Crippen molar-refractivity contribution >= 4 is 17.1 Å². The van der Waals surface area contributed by atoms with Crippen LogP contribution in [0.2, 0.25) is 0 Å². The van der Waals surface area contributed by atoms with E-state index in [9.17, 15) is 8.42 Å². The molecule has 0 radical (unpaired) electrons. The van der Waals surface area contributed by atoms with Crippen molar-refractivity contribution in [3.63, 3.8) is 0 Å². The van der Waals surface area contributed by atoms with E-state index >= 15 is 0 Å². The quantitative estimate of drug-likeness (QED) is 0.600. The SMILES string of the molecule is C=C/C(=C\C(=C)CNS(C)(=O)=O)B1OC(C)(C)C(C)(C)O1. The topological polar surface area (TPSA) is 64.6 Å². The van der Waals surface area contributed by atoms with Crippen LogP contribution in [0.5, 0.6) is 0 Å². The summed E-state index contributed by atoms with van der Waals surface area (Å²) < 4.78 is 36.4. The molecule has 1 fully saturated rings. The molecule has 1 heterocycles. The molecule has 1 aliphatic rings. The van der Waals surface area contributed by atoms with Gasteiger partial charge in [-0.1, -0.05) is 25.3 Å². The average molecular weight is 313 g/mol. The van der Waals surface area contributed by atoms with Gasteiger partial charge in [-0.3, -0.25) is 0 Å². The summed E-state index contributed by atoms with van der Waals surface area (Å²) >= 11 is 0. The van der Waals surface area contributed by atoms with Crippen LogP contribution in [0.1, 0.15) is 27.7 Å². The number of sulfonamides is 1. The number of hydrogen-bond acceptors (Lipinski definition) is 4. The number of allylic oxidation sites excluding steroid dienone is 2. The normalized spacial score (nSPS) is 21.4. The molecule has 0 aromatic heterocycles. The van der Waals surface area contributed by atoms with Crippen LogP contribution in [0.15, 0.2) is 36.4 Å². The average Bonchev–Trinajstić information content (AvgIpc) is 2.51. The highest BCUT2D eigenvalue weighted by atomic mass is 32.2. The summed E-state index contributed by atoms with van der Waals surface area (Å²) in [5.74, 6) is 0. The lowest BCUT2D eigenvalue weighted by atomic mass is 9.77. The van der Waals surface area contributed by atoms with Crippen molar-refractivity contribution in [3.05, 3.63) is 36.4 Å². The zero-order chi connectivity index (χ0) is 16.5. The van der Waals surface area contributed by atoms with Gasteiger partial charge in [0.15, 0.2) is 0 Å². The third kappa shape index (κ3) is 4.81. The van der Waals surface area contributed by atoms with Gasteiger partial charge in [-0.05, 0) is 38.7 Å². The second kappa shape index (κ2) is 6.08. The third-order valence-corrected chi connectivity index (χ3v) is 4.36. The first-order valence-corrected chi connectivity index (χ1v) is 8.59. The second-order valence-electron chi connectivity index (χ2n) is 6.19. The van der Waals surface area contributed by atoms with E-state index in [1.807, 2.05) is 27.7 Å². The minimum absolute atomic E-state index is 0.135. The summed E-state index contributed by atoms with van der Waals surface area (Å²) in [6.07, 6.45) is 4.47. The van der Waals surface area contributed by atoms with E-state index in [4.69, 9.17) is 9.31 Å². The molecule has 0 aliphatic carbocycles. The molecule has 1 aliphatic heterocycles. The van der Waals surface area contributed by atoms with Gasteiger partial charge in [0.2, 0.25) is 10.0 Å². The smallest absolute Gasteiger partial charge is 0.399 e. The van der Waals surface area contributed by atoms with E-state index in [-0.39, 0.29) is 6.54 Å². The molecule has 0 unspecified atom stereocenters. The Bertz CT molecular complexity index is 548.